The maximum Gasteiger partial charge on any atom is 0.332 e. The zero-order valence-electron chi connectivity index (χ0n) is 10.3. The van der Waals surface area contributed by atoms with Gasteiger partial charge < -0.3 is 20.4 Å². The molecule has 0 bridgehead atoms. The van der Waals surface area contributed by atoms with Crippen molar-refractivity contribution < 1.29 is 25.2 Å². The van der Waals surface area contributed by atoms with Crippen molar-refractivity contribution in [1.82, 2.24) is 0 Å². The molecule has 2 unspecified atom stereocenters. The van der Waals surface area contributed by atoms with Crippen molar-refractivity contribution in [2.24, 2.45) is 0 Å². The Hall–Kier alpha value is -0.650. The molecule has 0 radical (unpaired) electrons. The number of aliphatic carboxylic acids is 1. The highest BCUT2D eigenvalue weighted by Crippen LogP contribution is 2.16. The van der Waals surface area contributed by atoms with E-state index in [0.29, 0.717) is 6.42 Å². The molecule has 0 saturated heterocycles. The Bertz CT molecular complexity index is 175. The standard InChI is InChI=1S/C8H18O2.C3H6O3/c1-3-5-6-8(10,4-2)7-9;1-2(4)3(5)6/h9-10H,3-7H2,1-2H3;2,4H,1H3,(H,5,6). The molecule has 0 rings (SSSR count). The van der Waals surface area contributed by atoms with E-state index in [1.54, 1.807) is 0 Å². The molecule has 5 nitrogen and oxygen atoms in total. The van der Waals surface area contributed by atoms with E-state index in [4.69, 9.17) is 15.3 Å². The number of unbranched alkanes of at least 4 members (excludes halogenated alkanes) is 1. The fourth-order valence-corrected chi connectivity index (χ4v) is 0.873. The van der Waals surface area contributed by atoms with Crippen LogP contribution in [-0.2, 0) is 4.79 Å². The second kappa shape index (κ2) is 9.57. The smallest absolute Gasteiger partial charge is 0.332 e. The molecule has 4 N–H and O–H groups in total. The van der Waals surface area contributed by atoms with Gasteiger partial charge in [-0.1, -0.05) is 26.7 Å². The lowest BCUT2D eigenvalue weighted by molar-refractivity contribution is -0.145. The molecule has 0 saturated carbocycles. The van der Waals surface area contributed by atoms with E-state index in [1.807, 2.05) is 6.92 Å². The molecule has 0 heterocycles. The van der Waals surface area contributed by atoms with Crippen molar-refractivity contribution in [2.45, 2.75) is 58.2 Å². The molecule has 0 aromatic rings. The number of carbonyl (C=O) groups is 1. The van der Waals surface area contributed by atoms with Crippen LogP contribution >= 0.6 is 0 Å². The first kappa shape index (κ1) is 17.7. The average molecular weight is 236 g/mol. The molecule has 5 heteroatoms. The van der Waals surface area contributed by atoms with Crippen molar-refractivity contribution in [3.05, 3.63) is 0 Å². The van der Waals surface area contributed by atoms with E-state index in [1.165, 1.54) is 6.92 Å². The highest BCUT2D eigenvalue weighted by Gasteiger charge is 2.21. The Kier molecular flexibility index (Phi) is 10.6. The summed E-state index contributed by atoms with van der Waals surface area (Å²) >= 11 is 0. The second-order valence-electron chi connectivity index (χ2n) is 3.85. The maximum absolute atomic E-state index is 9.51. The molecule has 0 spiro atoms. The fraction of sp³-hybridized carbons (Fsp3) is 0.909. The first-order valence-corrected chi connectivity index (χ1v) is 5.57. The average Bonchev–Trinajstić information content (AvgIpc) is 2.26. The number of hydrogen-bond donors (Lipinski definition) is 4. The van der Waals surface area contributed by atoms with Gasteiger partial charge in [0.05, 0.1) is 12.2 Å². The lowest BCUT2D eigenvalue weighted by Gasteiger charge is -2.23. The van der Waals surface area contributed by atoms with Crippen molar-refractivity contribution >= 4 is 5.97 Å². The summed E-state index contributed by atoms with van der Waals surface area (Å²) < 4.78 is 0. The van der Waals surface area contributed by atoms with Gasteiger partial charge in [-0.3, -0.25) is 0 Å². The highest BCUT2D eigenvalue weighted by molar-refractivity contribution is 5.71. The predicted molar refractivity (Wildman–Crippen MR) is 61.2 cm³/mol. The molecule has 2 atom stereocenters. The third-order valence-corrected chi connectivity index (χ3v) is 2.31. The monoisotopic (exact) mass is 236 g/mol. The van der Waals surface area contributed by atoms with E-state index in [9.17, 15) is 9.90 Å². The molecule has 0 aliphatic heterocycles. The van der Waals surface area contributed by atoms with Gasteiger partial charge in [0.2, 0.25) is 0 Å². The molecular formula is C11H24O5. The minimum atomic E-state index is -1.23. The predicted octanol–water partition coefficient (Wildman–Crippen LogP) is 0.762. The Labute approximate surface area is 96.7 Å². The van der Waals surface area contributed by atoms with E-state index in [0.717, 1.165) is 19.3 Å². The summed E-state index contributed by atoms with van der Waals surface area (Å²) in [4.78, 5) is 9.45. The largest absolute Gasteiger partial charge is 0.479 e. The molecule has 0 aliphatic rings. The van der Waals surface area contributed by atoms with Gasteiger partial charge in [-0.05, 0) is 19.8 Å². The van der Waals surface area contributed by atoms with Gasteiger partial charge in [0.15, 0.2) is 0 Å². The Morgan fingerprint density at radius 1 is 1.38 bits per heavy atom. The van der Waals surface area contributed by atoms with E-state index < -0.39 is 17.7 Å². The normalized spacial score (nSPS) is 15.6. The number of rotatable bonds is 6. The van der Waals surface area contributed by atoms with E-state index in [2.05, 4.69) is 6.92 Å². The molecule has 16 heavy (non-hydrogen) atoms. The minimum Gasteiger partial charge on any atom is -0.479 e. The van der Waals surface area contributed by atoms with Crippen molar-refractivity contribution in [2.75, 3.05) is 6.61 Å². The van der Waals surface area contributed by atoms with Gasteiger partial charge in [0, 0.05) is 0 Å². The summed E-state index contributed by atoms with van der Waals surface area (Å²) in [5, 5.41) is 34.0. The molecule has 0 amide bonds. The van der Waals surface area contributed by atoms with E-state index >= 15 is 0 Å². The van der Waals surface area contributed by atoms with Crippen LogP contribution in [0.2, 0.25) is 0 Å². The quantitative estimate of drug-likeness (QED) is 0.546. The molecule has 0 aliphatic carbocycles. The lowest BCUT2D eigenvalue weighted by Crippen LogP contribution is -2.31. The Balaban J connectivity index is 0. The number of aliphatic hydroxyl groups is 3. The van der Waals surface area contributed by atoms with Crippen LogP contribution in [0.1, 0.15) is 46.5 Å². The molecule has 98 valence electrons. The van der Waals surface area contributed by atoms with Gasteiger partial charge in [0.25, 0.3) is 0 Å². The van der Waals surface area contributed by atoms with Crippen LogP contribution in [0, 0.1) is 0 Å². The second-order valence-corrected chi connectivity index (χ2v) is 3.85. The fourth-order valence-electron chi connectivity index (χ4n) is 0.873. The van der Waals surface area contributed by atoms with Gasteiger partial charge in [-0.2, -0.15) is 0 Å². The summed E-state index contributed by atoms with van der Waals surface area (Å²) in [5.41, 5.74) is -0.810. The first-order chi connectivity index (χ1) is 7.32. The van der Waals surface area contributed by atoms with Crippen molar-refractivity contribution in [3.8, 4) is 0 Å². The van der Waals surface area contributed by atoms with Gasteiger partial charge in [-0.15, -0.1) is 0 Å². The minimum absolute atomic E-state index is 0.108. The van der Waals surface area contributed by atoms with Crippen LogP contribution in [0.5, 0.6) is 0 Å². The van der Waals surface area contributed by atoms with Gasteiger partial charge >= 0.3 is 5.97 Å². The Morgan fingerprint density at radius 2 is 1.81 bits per heavy atom. The van der Waals surface area contributed by atoms with Crippen molar-refractivity contribution in [1.29, 1.82) is 0 Å². The van der Waals surface area contributed by atoms with Crippen LogP contribution in [0.25, 0.3) is 0 Å². The van der Waals surface area contributed by atoms with E-state index in [-0.39, 0.29) is 6.61 Å². The van der Waals surface area contributed by atoms with Crippen LogP contribution < -0.4 is 0 Å². The summed E-state index contributed by atoms with van der Waals surface area (Å²) in [6.45, 7) is 5.06. The summed E-state index contributed by atoms with van der Waals surface area (Å²) in [6.07, 6.45) is 2.19. The summed E-state index contributed by atoms with van der Waals surface area (Å²) in [7, 11) is 0. The van der Waals surface area contributed by atoms with Gasteiger partial charge in [0.1, 0.15) is 6.10 Å². The topological polar surface area (TPSA) is 98.0 Å². The summed E-state index contributed by atoms with van der Waals surface area (Å²) in [6, 6.07) is 0. The van der Waals surface area contributed by atoms with Crippen LogP contribution in [-0.4, -0.2) is 44.7 Å². The van der Waals surface area contributed by atoms with Crippen molar-refractivity contribution in [3.63, 3.8) is 0 Å². The van der Waals surface area contributed by atoms with Gasteiger partial charge in [-0.25, -0.2) is 4.79 Å². The van der Waals surface area contributed by atoms with Crippen LogP contribution in [0.15, 0.2) is 0 Å². The SMILES string of the molecule is CC(O)C(=O)O.CCCCC(O)(CC)CO. The number of hydrogen-bond acceptors (Lipinski definition) is 4. The molecule has 0 fully saturated rings. The number of carboxylic acid groups (broad SMARTS) is 1. The zero-order valence-corrected chi connectivity index (χ0v) is 10.3. The third-order valence-electron chi connectivity index (χ3n) is 2.31. The summed E-state index contributed by atoms with van der Waals surface area (Å²) in [5.74, 6) is -1.19. The molecular weight excluding hydrogens is 212 g/mol. The first-order valence-electron chi connectivity index (χ1n) is 5.57. The third kappa shape index (κ3) is 9.89. The molecule has 0 aromatic carbocycles. The number of carboxylic acids is 1. The highest BCUT2D eigenvalue weighted by atomic mass is 16.4. The zero-order chi connectivity index (χ0) is 13.2. The number of aliphatic hydroxyl groups excluding tert-OH is 2. The lowest BCUT2D eigenvalue weighted by atomic mass is 9.95. The maximum atomic E-state index is 9.51. The molecule has 0 aromatic heterocycles. The van der Waals surface area contributed by atoms with Crippen LogP contribution in [0.3, 0.4) is 0 Å². The Morgan fingerprint density at radius 3 is 2.00 bits per heavy atom. The van der Waals surface area contributed by atoms with Crippen LogP contribution in [0.4, 0.5) is 0 Å².